The molecule has 5 heteroatoms. The quantitative estimate of drug-likeness (QED) is 0.741. The minimum Gasteiger partial charge on any atom is -0.311 e. The molecule has 0 bridgehead atoms. The lowest BCUT2D eigenvalue weighted by molar-refractivity contribution is 0.587. The Labute approximate surface area is 108 Å². The van der Waals surface area contributed by atoms with Crippen LogP contribution in [0.25, 0.3) is 0 Å². The van der Waals surface area contributed by atoms with Crippen LogP contribution in [0.15, 0.2) is 12.1 Å². The molecular weight excluding hydrogens is 254 g/mol. The van der Waals surface area contributed by atoms with Crippen LogP contribution in [0.3, 0.4) is 0 Å². The zero-order valence-electron chi connectivity index (χ0n) is 10.5. The van der Waals surface area contributed by atoms with Crippen LogP contribution >= 0.6 is 11.3 Å². The van der Waals surface area contributed by atoms with Gasteiger partial charge in [-0.05, 0) is 25.5 Å². The summed E-state index contributed by atoms with van der Waals surface area (Å²) in [6, 6.07) is 4.16. The van der Waals surface area contributed by atoms with Gasteiger partial charge in [0.2, 0.25) is 0 Å². The molecule has 1 N–H and O–H groups in total. The first-order valence-corrected chi connectivity index (χ1v) is 8.64. The molecule has 3 nitrogen and oxygen atoms in total. The third-order valence-corrected chi connectivity index (χ3v) is 5.23. The first kappa shape index (κ1) is 14.7. The van der Waals surface area contributed by atoms with Gasteiger partial charge >= 0.3 is 0 Å². The van der Waals surface area contributed by atoms with Gasteiger partial charge in [-0.2, -0.15) is 0 Å². The van der Waals surface area contributed by atoms with E-state index in [2.05, 4.69) is 24.4 Å². The molecule has 1 heterocycles. The van der Waals surface area contributed by atoms with Crippen LogP contribution in [0.2, 0.25) is 0 Å². The summed E-state index contributed by atoms with van der Waals surface area (Å²) in [5, 5.41) is 3.18. The van der Waals surface area contributed by atoms with Gasteiger partial charge in [-0.1, -0.05) is 13.3 Å². The number of hydrogen-bond acceptors (Lipinski definition) is 4. The molecule has 0 aromatic carbocycles. The van der Waals surface area contributed by atoms with Gasteiger partial charge in [-0.15, -0.1) is 11.3 Å². The van der Waals surface area contributed by atoms with Crippen molar-refractivity contribution in [2.24, 2.45) is 0 Å². The molecule has 0 radical (unpaired) electrons. The highest BCUT2D eigenvalue weighted by atomic mass is 32.2. The first-order valence-electron chi connectivity index (χ1n) is 6.00. The molecule has 0 saturated carbocycles. The molecule has 1 aromatic heterocycles. The van der Waals surface area contributed by atoms with E-state index in [-0.39, 0.29) is 5.75 Å². The molecule has 0 saturated heterocycles. The maximum absolute atomic E-state index is 11.6. The summed E-state index contributed by atoms with van der Waals surface area (Å²) >= 11 is 1.75. The Kier molecular flexibility index (Phi) is 6.16. The second-order valence-electron chi connectivity index (χ2n) is 4.19. The van der Waals surface area contributed by atoms with Crippen molar-refractivity contribution in [1.82, 2.24) is 5.32 Å². The van der Waals surface area contributed by atoms with E-state index in [1.165, 1.54) is 9.75 Å². The number of nitrogens with one attached hydrogen (secondary N) is 1. The minimum atomic E-state index is -2.85. The number of hydrogen-bond donors (Lipinski definition) is 1. The van der Waals surface area contributed by atoms with Crippen LogP contribution in [0.1, 0.15) is 29.5 Å². The Morgan fingerprint density at radius 2 is 2.06 bits per heavy atom. The summed E-state index contributed by atoms with van der Waals surface area (Å²) in [5.74, 6) is 0.570. The zero-order valence-corrected chi connectivity index (χ0v) is 12.2. The van der Waals surface area contributed by atoms with Crippen LogP contribution < -0.4 is 5.32 Å². The summed E-state index contributed by atoms with van der Waals surface area (Å²) in [6.45, 7) is 5.39. The van der Waals surface area contributed by atoms with Gasteiger partial charge in [-0.25, -0.2) is 8.42 Å². The van der Waals surface area contributed by atoms with E-state index in [1.807, 2.05) is 6.92 Å². The van der Waals surface area contributed by atoms with Crippen molar-refractivity contribution in [3.05, 3.63) is 21.9 Å². The van der Waals surface area contributed by atoms with Crippen LogP contribution in [0, 0.1) is 6.92 Å². The predicted octanol–water partition coefficient (Wildman–Crippen LogP) is 2.36. The van der Waals surface area contributed by atoms with Gasteiger partial charge in [-0.3, -0.25) is 0 Å². The average Bonchev–Trinajstić information content (AvgIpc) is 2.68. The molecule has 0 atom stereocenters. The molecule has 0 amide bonds. The van der Waals surface area contributed by atoms with Crippen molar-refractivity contribution >= 4 is 21.2 Å². The third-order valence-electron chi connectivity index (χ3n) is 2.49. The van der Waals surface area contributed by atoms with E-state index in [1.54, 1.807) is 11.3 Å². The summed E-state index contributed by atoms with van der Waals surface area (Å²) in [6.07, 6.45) is 1.70. The smallest absolute Gasteiger partial charge is 0.151 e. The Morgan fingerprint density at radius 1 is 1.29 bits per heavy atom. The van der Waals surface area contributed by atoms with Gasteiger partial charge in [0.15, 0.2) is 9.84 Å². The van der Waals surface area contributed by atoms with E-state index in [9.17, 15) is 8.42 Å². The minimum absolute atomic E-state index is 0.247. The molecule has 0 aliphatic heterocycles. The van der Waals surface area contributed by atoms with Crippen molar-refractivity contribution < 1.29 is 8.42 Å². The molecule has 0 aliphatic rings. The predicted molar refractivity (Wildman–Crippen MR) is 74.3 cm³/mol. The van der Waals surface area contributed by atoms with E-state index < -0.39 is 9.84 Å². The molecule has 0 fully saturated rings. The molecule has 17 heavy (non-hydrogen) atoms. The van der Waals surface area contributed by atoms with E-state index in [4.69, 9.17) is 0 Å². The summed E-state index contributed by atoms with van der Waals surface area (Å²) in [5.41, 5.74) is 0. The van der Waals surface area contributed by atoms with Crippen molar-refractivity contribution in [3.63, 3.8) is 0 Å². The topological polar surface area (TPSA) is 46.2 Å². The van der Waals surface area contributed by atoms with Gasteiger partial charge < -0.3 is 5.32 Å². The summed E-state index contributed by atoms with van der Waals surface area (Å²) in [7, 11) is -2.85. The number of sulfone groups is 1. The van der Waals surface area contributed by atoms with Gasteiger partial charge in [0, 0.05) is 22.8 Å². The highest BCUT2D eigenvalue weighted by molar-refractivity contribution is 7.91. The molecule has 1 aromatic rings. The highest BCUT2D eigenvalue weighted by Crippen LogP contribution is 2.14. The lowest BCUT2D eigenvalue weighted by Gasteiger charge is -2.04. The van der Waals surface area contributed by atoms with E-state index in [0.29, 0.717) is 12.3 Å². The molecule has 1 rings (SSSR count). The van der Waals surface area contributed by atoms with Crippen molar-refractivity contribution in [2.75, 3.05) is 18.1 Å². The maximum atomic E-state index is 11.6. The fraction of sp³-hybridized carbons (Fsp3) is 0.667. The molecular formula is C12H21NO2S2. The van der Waals surface area contributed by atoms with Crippen LogP contribution in [-0.2, 0) is 16.4 Å². The number of unbranched alkanes of at least 4 members (excludes halogenated alkanes) is 1. The van der Waals surface area contributed by atoms with Crippen LogP contribution in [0.4, 0.5) is 0 Å². The lowest BCUT2D eigenvalue weighted by atomic mass is 10.4. The summed E-state index contributed by atoms with van der Waals surface area (Å²) in [4.78, 5) is 2.55. The van der Waals surface area contributed by atoms with Crippen LogP contribution in [-0.4, -0.2) is 26.5 Å². The molecule has 0 spiro atoms. The Bertz CT molecular complexity index is 423. The molecule has 0 unspecified atom stereocenters. The van der Waals surface area contributed by atoms with Gasteiger partial charge in [0.1, 0.15) is 0 Å². The Morgan fingerprint density at radius 3 is 2.65 bits per heavy atom. The van der Waals surface area contributed by atoms with Crippen molar-refractivity contribution in [3.8, 4) is 0 Å². The average molecular weight is 275 g/mol. The number of rotatable bonds is 8. The largest absolute Gasteiger partial charge is 0.311 e. The second kappa shape index (κ2) is 7.13. The summed E-state index contributed by atoms with van der Waals surface area (Å²) < 4.78 is 23.1. The monoisotopic (exact) mass is 275 g/mol. The number of thiophene rings is 1. The van der Waals surface area contributed by atoms with Crippen molar-refractivity contribution in [1.29, 1.82) is 0 Å². The maximum Gasteiger partial charge on any atom is 0.151 e. The third kappa shape index (κ3) is 6.19. The fourth-order valence-corrected chi connectivity index (χ4v) is 3.73. The van der Waals surface area contributed by atoms with E-state index in [0.717, 1.165) is 19.4 Å². The normalized spacial score (nSPS) is 11.9. The molecule has 0 aliphatic carbocycles. The SMILES string of the molecule is CCCCS(=O)(=O)CCNCc1ccc(C)s1. The number of aryl methyl sites for hydroxylation is 1. The Balaban J connectivity index is 2.19. The van der Waals surface area contributed by atoms with Gasteiger partial charge in [0.05, 0.1) is 11.5 Å². The fourth-order valence-electron chi connectivity index (χ4n) is 1.49. The first-order chi connectivity index (χ1) is 8.03. The second-order valence-corrected chi connectivity index (χ2v) is 7.87. The zero-order chi connectivity index (χ0) is 12.7. The standard InChI is InChI=1S/C12H21NO2S2/c1-3-4-8-17(14,15)9-7-13-10-12-6-5-11(2)16-12/h5-6,13H,3-4,7-10H2,1-2H3. The Hall–Kier alpha value is -0.390. The van der Waals surface area contributed by atoms with Gasteiger partial charge in [0.25, 0.3) is 0 Å². The molecule has 98 valence electrons. The van der Waals surface area contributed by atoms with Crippen LogP contribution in [0.5, 0.6) is 0 Å². The lowest BCUT2D eigenvalue weighted by Crippen LogP contribution is -2.23. The van der Waals surface area contributed by atoms with E-state index >= 15 is 0 Å². The van der Waals surface area contributed by atoms with Crippen molar-refractivity contribution in [2.45, 2.75) is 33.2 Å². The highest BCUT2D eigenvalue weighted by Gasteiger charge is 2.09.